The zero-order chi connectivity index (χ0) is 28.1. The third kappa shape index (κ3) is 7.89. The summed E-state index contributed by atoms with van der Waals surface area (Å²) in [6, 6.07) is 15.5. The van der Waals surface area contributed by atoms with Crippen molar-refractivity contribution in [2.24, 2.45) is 5.92 Å². The number of carbonyl (C=O) groups is 1. The highest BCUT2D eigenvalue weighted by molar-refractivity contribution is 7.13. The summed E-state index contributed by atoms with van der Waals surface area (Å²) in [5.41, 5.74) is 1.77. The fourth-order valence-electron chi connectivity index (χ4n) is 4.14. The first-order chi connectivity index (χ1) is 19.4. The number of anilines is 1. The Morgan fingerprint density at radius 3 is 2.56 bits per heavy atom. The summed E-state index contributed by atoms with van der Waals surface area (Å²) in [5, 5.41) is 3.93. The molecule has 7 nitrogen and oxygen atoms in total. The number of methoxy groups -OCH3 is 1. The minimum atomic E-state index is -0.707. The number of aromatic nitrogens is 1. The highest BCUT2D eigenvalue weighted by atomic mass is 35.5. The maximum atomic E-state index is 14.0. The van der Waals surface area contributed by atoms with Crippen molar-refractivity contribution in [2.45, 2.75) is 31.9 Å². The predicted octanol–water partition coefficient (Wildman–Crippen LogP) is 7.38. The van der Waals surface area contributed by atoms with E-state index in [-0.39, 0.29) is 17.7 Å². The number of thiophene rings is 1. The van der Waals surface area contributed by atoms with E-state index >= 15 is 0 Å². The number of halogens is 3. The van der Waals surface area contributed by atoms with Crippen molar-refractivity contribution in [3.63, 3.8) is 0 Å². The number of nitrogens with one attached hydrogen (secondary N) is 2. The van der Waals surface area contributed by atoms with Crippen LogP contribution in [0.1, 0.15) is 44.6 Å². The molecule has 1 fully saturated rings. The van der Waals surface area contributed by atoms with Gasteiger partial charge < -0.3 is 25.0 Å². The van der Waals surface area contributed by atoms with Crippen molar-refractivity contribution in [1.82, 2.24) is 0 Å². The monoisotopic (exact) mass is 618 g/mol. The molecule has 2 aromatic heterocycles. The maximum Gasteiger partial charge on any atom is 0.348 e. The number of hydrogen-bond acceptors (Lipinski definition) is 7. The van der Waals surface area contributed by atoms with Gasteiger partial charge in [-0.25, -0.2) is 14.2 Å². The fraction of sp³-hybridized carbons (Fsp3) is 0.267. The standard InChI is InChI=1S/C30H27Cl2FN2O4S.H2O/c1-37-26-10-8-19(12-28(26)38-17-18-6-7-18)27(13-21-22(31)15-34-16-23(21)32)39-30(36)29-11-9-20(40-29)14-35-25-5-3-2-4-24(25)33;/h2-5,8-12,15-16,18,27,35H,6-7,13-14,17H2,1H3;1H2/t27-;/m0./s1. The van der Waals surface area contributed by atoms with E-state index in [2.05, 4.69) is 10.3 Å². The molecule has 5 rings (SSSR count). The number of rotatable bonds is 12. The largest absolute Gasteiger partial charge is 0.870 e. The Morgan fingerprint density at radius 2 is 1.85 bits per heavy atom. The van der Waals surface area contributed by atoms with Crippen LogP contribution in [0.3, 0.4) is 0 Å². The maximum absolute atomic E-state index is 14.0. The van der Waals surface area contributed by atoms with Gasteiger partial charge in [-0.1, -0.05) is 41.4 Å². The molecule has 1 saturated carbocycles. The molecule has 0 spiro atoms. The minimum Gasteiger partial charge on any atom is -0.870 e. The quantitative estimate of drug-likeness (QED) is 0.166. The molecule has 0 amide bonds. The zero-order valence-corrected chi connectivity index (χ0v) is 24.5. The molecular formula is C30H29Cl2FN2O5S. The number of benzene rings is 2. The number of ether oxygens (including phenoxy) is 3. The lowest BCUT2D eigenvalue weighted by Gasteiger charge is -2.20. The first-order valence-corrected chi connectivity index (χ1v) is 14.4. The van der Waals surface area contributed by atoms with Gasteiger partial charge in [-0.3, -0.25) is 0 Å². The van der Waals surface area contributed by atoms with Gasteiger partial charge in [0.05, 0.1) is 19.4 Å². The summed E-state index contributed by atoms with van der Waals surface area (Å²) in [4.78, 5) is 17.5. The van der Waals surface area contributed by atoms with Crippen LogP contribution in [0.15, 0.2) is 67.0 Å². The van der Waals surface area contributed by atoms with Crippen LogP contribution in [0.2, 0.25) is 10.0 Å². The molecule has 0 unspecified atom stereocenters. The van der Waals surface area contributed by atoms with Crippen molar-refractivity contribution in [1.29, 1.82) is 0 Å². The van der Waals surface area contributed by atoms with Gasteiger partial charge in [0.1, 0.15) is 26.8 Å². The fourth-order valence-corrected chi connectivity index (χ4v) is 5.50. The molecule has 3 N–H and O–H groups in total. The molecule has 1 atom stereocenters. The average Bonchev–Trinajstić information content (AvgIpc) is 3.67. The Hall–Kier alpha value is -3.37. The third-order valence-corrected chi connectivity index (χ3v) is 8.30. The van der Waals surface area contributed by atoms with Crippen molar-refractivity contribution >= 4 is 46.2 Å². The molecular weight excluding hydrogens is 590 g/mol. The molecule has 2 aromatic carbocycles. The van der Waals surface area contributed by atoms with Gasteiger partial charge >= 0.3 is 5.97 Å². The van der Waals surface area contributed by atoms with Crippen molar-refractivity contribution < 1.29 is 33.9 Å². The van der Waals surface area contributed by atoms with E-state index in [0.29, 0.717) is 56.7 Å². The molecule has 41 heavy (non-hydrogen) atoms. The first kappa shape index (κ1) is 30.6. The summed E-state index contributed by atoms with van der Waals surface area (Å²) in [5.74, 6) is 0.922. The second kappa shape index (κ2) is 14.0. The van der Waals surface area contributed by atoms with Crippen LogP contribution in [-0.4, -0.2) is 25.2 Å². The lowest BCUT2D eigenvalue weighted by atomic mass is 10.0. The summed E-state index contributed by atoms with van der Waals surface area (Å²) in [6.45, 7) is 0.976. The Kier molecular flexibility index (Phi) is 10.4. The SMILES string of the molecule is COc1ccc([C@H](Cc2c(Cl)c[nH+]cc2Cl)OC(=O)c2ccc(CNc3ccccc3F)s2)cc1OCC1CC1.[OH-]. The van der Waals surface area contributed by atoms with Crippen molar-refractivity contribution in [2.75, 3.05) is 19.0 Å². The number of hydrogen-bond donors (Lipinski definition) is 1. The van der Waals surface area contributed by atoms with Crippen LogP contribution in [0, 0.1) is 11.7 Å². The van der Waals surface area contributed by atoms with Gasteiger partial charge in [0.15, 0.2) is 23.9 Å². The lowest BCUT2D eigenvalue weighted by Crippen LogP contribution is -2.15. The van der Waals surface area contributed by atoms with Crippen molar-refractivity contribution in [3.8, 4) is 11.5 Å². The van der Waals surface area contributed by atoms with Crippen LogP contribution in [0.25, 0.3) is 0 Å². The number of aromatic amines is 1. The Labute approximate surface area is 251 Å². The van der Waals surface area contributed by atoms with Crippen LogP contribution in [0.5, 0.6) is 11.5 Å². The second-order valence-corrected chi connectivity index (χ2v) is 11.5. The number of pyridine rings is 1. The van der Waals surface area contributed by atoms with E-state index in [1.165, 1.54) is 17.4 Å². The van der Waals surface area contributed by atoms with Crippen LogP contribution < -0.4 is 19.8 Å². The minimum absolute atomic E-state index is 0. The molecule has 0 aliphatic heterocycles. The normalized spacial score (nSPS) is 13.2. The molecule has 1 aliphatic rings. The van der Waals surface area contributed by atoms with Crippen molar-refractivity contribution in [3.05, 3.63) is 104 Å². The van der Waals surface area contributed by atoms with Gasteiger partial charge in [-0.2, -0.15) is 0 Å². The van der Waals surface area contributed by atoms with Gasteiger partial charge in [0, 0.05) is 23.4 Å². The van der Waals surface area contributed by atoms with Gasteiger partial charge in [0.2, 0.25) is 0 Å². The molecule has 0 radical (unpaired) electrons. The topological polar surface area (TPSA) is 101 Å². The molecule has 2 heterocycles. The first-order valence-electron chi connectivity index (χ1n) is 12.8. The summed E-state index contributed by atoms with van der Waals surface area (Å²) < 4.78 is 31.6. The lowest BCUT2D eigenvalue weighted by molar-refractivity contribution is -0.377. The molecule has 11 heteroatoms. The Bertz CT molecular complexity index is 1480. The number of esters is 1. The Morgan fingerprint density at radius 1 is 1.10 bits per heavy atom. The molecule has 216 valence electrons. The number of para-hydroxylation sites is 1. The summed E-state index contributed by atoms with van der Waals surface area (Å²) >= 11 is 14.2. The molecule has 4 aromatic rings. The molecule has 1 aliphatic carbocycles. The van der Waals surface area contributed by atoms with Crippen LogP contribution in [0.4, 0.5) is 10.1 Å². The molecule has 0 bridgehead atoms. The van der Waals surface area contributed by atoms with E-state index in [1.807, 2.05) is 18.2 Å². The number of carbonyl (C=O) groups excluding carboxylic acids is 1. The highest BCUT2D eigenvalue weighted by Crippen LogP contribution is 2.37. The average molecular weight is 620 g/mol. The van der Waals surface area contributed by atoms with Gasteiger partial charge in [0.25, 0.3) is 0 Å². The smallest absolute Gasteiger partial charge is 0.348 e. The van der Waals surface area contributed by atoms with Crippen LogP contribution >= 0.6 is 34.5 Å². The number of H-pyrrole nitrogens is 1. The third-order valence-electron chi connectivity index (χ3n) is 6.56. The van der Waals surface area contributed by atoms with E-state index in [4.69, 9.17) is 37.4 Å². The van der Waals surface area contributed by atoms with Gasteiger partial charge in [-0.15, -0.1) is 11.3 Å². The Balaban J connectivity index is 0.00000387. The van der Waals surface area contributed by atoms with Crippen LogP contribution in [-0.2, 0) is 17.7 Å². The van der Waals surface area contributed by atoms with E-state index in [0.717, 1.165) is 23.3 Å². The van der Waals surface area contributed by atoms with E-state index < -0.39 is 12.1 Å². The van der Waals surface area contributed by atoms with Gasteiger partial charge in [-0.05, 0) is 60.7 Å². The summed E-state index contributed by atoms with van der Waals surface area (Å²) in [6.07, 6.45) is 5.12. The highest BCUT2D eigenvalue weighted by Gasteiger charge is 2.26. The predicted molar refractivity (Wildman–Crippen MR) is 156 cm³/mol. The summed E-state index contributed by atoms with van der Waals surface area (Å²) in [7, 11) is 1.59. The molecule has 0 saturated heterocycles. The second-order valence-electron chi connectivity index (χ2n) is 9.49. The van der Waals surface area contributed by atoms with E-state index in [9.17, 15) is 9.18 Å². The van der Waals surface area contributed by atoms with E-state index in [1.54, 1.807) is 49.8 Å². The zero-order valence-electron chi connectivity index (χ0n) is 22.2.